The van der Waals surface area contributed by atoms with Gasteiger partial charge in [0, 0.05) is 28.9 Å². The molecule has 0 aliphatic heterocycles. The minimum absolute atomic E-state index is 0.0209. The molecule has 0 bridgehead atoms. The summed E-state index contributed by atoms with van der Waals surface area (Å²) in [6, 6.07) is 15.9. The quantitative estimate of drug-likeness (QED) is 0.252. The SMILES string of the molecule is COc1cc2ncnc(Nc3ccc4c(cnn4Cc4cccc(F)c4)c3)c2cc1OCCCC(=O)O. The van der Waals surface area contributed by atoms with E-state index in [1.54, 1.807) is 24.4 Å². The highest BCUT2D eigenvalue weighted by Gasteiger charge is 2.13. The second kappa shape index (κ2) is 10.5. The van der Waals surface area contributed by atoms with E-state index < -0.39 is 5.97 Å². The maximum atomic E-state index is 13.6. The summed E-state index contributed by atoms with van der Waals surface area (Å²) in [6.45, 7) is 0.697. The molecule has 5 rings (SSSR count). The minimum Gasteiger partial charge on any atom is -0.493 e. The normalized spacial score (nSPS) is 11.1. The Morgan fingerprint density at radius 2 is 2.00 bits per heavy atom. The summed E-state index contributed by atoms with van der Waals surface area (Å²) >= 11 is 0. The van der Waals surface area contributed by atoms with Gasteiger partial charge < -0.3 is 19.9 Å². The lowest BCUT2D eigenvalue weighted by Crippen LogP contribution is -2.04. The Bertz CT molecular complexity index is 1590. The fraction of sp³-hybridized carbons (Fsp3) is 0.185. The summed E-state index contributed by atoms with van der Waals surface area (Å²) in [5, 5.41) is 18.3. The average Bonchev–Trinajstić information content (AvgIpc) is 3.28. The summed E-state index contributed by atoms with van der Waals surface area (Å²) in [7, 11) is 1.54. The topological polar surface area (TPSA) is 111 Å². The van der Waals surface area contributed by atoms with Crippen LogP contribution >= 0.6 is 0 Å². The van der Waals surface area contributed by atoms with Crippen molar-refractivity contribution >= 4 is 39.3 Å². The lowest BCUT2D eigenvalue weighted by atomic mass is 10.2. The van der Waals surface area contributed by atoms with Gasteiger partial charge in [0.2, 0.25) is 0 Å². The number of aliphatic carboxylic acids is 1. The van der Waals surface area contributed by atoms with Crippen molar-refractivity contribution in [3.8, 4) is 11.5 Å². The van der Waals surface area contributed by atoms with E-state index >= 15 is 0 Å². The van der Waals surface area contributed by atoms with Crippen molar-refractivity contribution in [2.24, 2.45) is 0 Å². The first-order chi connectivity index (χ1) is 18.0. The lowest BCUT2D eigenvalue weighted by molar-refractivity contribution is -0.137. The third kappa shape index (κ3) is 5.43. The van der Waals surface area contributed by atoms with Crippen LogP contribution in [-0.4, -0.2) is 44.5 Å². The van der Waals surface area contributed by atoms with E-state index in [1.807, 2.05) is 28.9 Å². The number of fused-ring (bicyclic) bond motifs is 2. The van der Waals surface area contributed by atoms with Gasteiger partial charge in [0.25, 0.3) is 0 Å². The first kappa shape index (κ1) is 24.0. The second-order valence-corrected chi connectivity index (χ2v) is 8.42. The van der Waals surface area contributed by atoms with Gasteiger partial charge in [-0.05, 0) is 48.4 Å². The van der Waals surface area contributed by atoms with Gasteiger partial charge in [-0.15, -0.1) is 0 Å². The smallest absolute Gasteiger partial charge is 0.303 e. The number of benzene rings is 3. The maximum absolute atomic E-state index is 13.6. The van der Waals surface area contributed by atoms with Crippen LogP contribution in [0.4, 0.5) is 15.9 Å². The van der Waals surface area contributed by atoms with Crippen LogP contribution in [-0.2, 0) is 11.3 Å². The molecule has 0 spiro atoms. The molecule has 2 aromatic heterocycles. The van der Waals surface area contributed by atoms with Crippen LogP contribution in [0.5, 0.6) is 11.5 Å². The zero-order valence-electron chi connectivity index (χ0n) is 20.0. The first-order valence-corrected chi connectivity index (χ1v) is 11.6. The van der Waals surface area contributed by atoms with Gasteiger partial charge in [-0.2, -0.15) is 5.10 Å². The molecular formula is C27H24FN5O4. The van der Waals surface area contributed by atoms with E-state index in [-0.39, 0.29) is 18.8 Å². The molecule has 0 saturated heterocycles. The van der Waals surface area contributed by atoms with Crippen molar-refractivity contribution in [2.45, 2.75) is 19.4 Å². The van der Waals surface area contributed by atoms with Gasteiger partial charge in [0.05, 0.1) is 37.5 Å². The lowest BCUT2D eigenvalue weighted by Gasteiger charge is -2.14. The number of carbonyl (C=O) groups is 1. The number of methoxy groups -OCH3 is 1. The number of carboxylic acid groups (broad SMARTS) is 1. The van der Waals surface area contributed by atoms with E-state index in [4.69, 9.17) is 14.6 Å². The zero-order valence-corrected chi connectivity index (χ0v) is 20.0. The first-order valence-electron chi connectivity index (χ1n) is 11.6. The molecule has 2 N–H and O–H groups in total. The molecule has 5 aromatic rings. The molecular weight excluding hydrogens is 477 g/mol. The summed E-state index contributed by atoms with van der Waals surface area (Å²) in [4.78, 5) is 19.5. The standard InChI is InChI=1S/C27H24FN5O4/c1-36-24-13-22-21(12-25(24)37-9-3-6-26(34)35)27(30-16-29-22)32-20-7-8-23-18(11-20)14-31-33(23)15-17-4-2-5-19(28)10-17/h2,4-5,7-8,10-14,16H,3,6,9,15H2,1H3,(H,34,35)(H,29,30,32). The van der Waals surface area contributed by atoms with E-state index in [1.165, 1.54) is 25.6 Å². The number of ether oxygens (including phenoxy) is 2. The highest BCUT2D eigenvalue weighted by atomic mass is 19.1. The molecule has 0 amide bonds. The Hall–Kier alpha value is -4.73. The summed E-state index contributed by atoms with van der Waals surface area (Å²) in [5.41, 5.74) is 3.22. The molecule has 0 saturated carbocycles. The molecule has 0 fully saturated rings. The zero-order chi connectivity index (χ0) is 25.8. The van der Waals surface area contributed by atoms with Gasteiger partial charge in [-0.25, -0.2) is 14.4 Å². The predicted octanol–water partition coefficient (Wildman–Crippen LogP) is 5.16. The van der Waals surface area contributed by atoms with Gasteiger partial charge >= 0.3 is 5.97 Å². The molecule has 10 heteroatoms. The summed E-state index contributed by atoms with van der Waals surface area (Å²) in [6.07, 6.45) is 3.63. The fourth-order valence-electron chi connectivity index (χ4n) is 4.08. The van der Waals surface area contributed by atoms with Gasteiger partial charge in [-0.3, -0.25) is 9.48 Å². The van der Waals surface area contributed by atoms with Crippen molar-refractivity contribution < 1.29 is 23.8 Å². The van der Waals surface area contributed by atoms with Crippen LogP contribution in [0.25, 0.3) is 21.8 Å². The number of anilines is 2. The van der Waals surface area contributed by atoms with E-state index in [0.29, 0.717) is 35.8 Å². The Kier molecular flexibility index (Phi) is 6.80. The van der Waals surface area contributed by atoms with Crippen molar-refractivity contribution in [1.29, 1.82) is 0 Å². The maximum Gasteiger partial charge on any atom is 0.303 e. The number of carboxylic acids is 1. The third-order valence-electron chi connectivity index (χ3n) is 5.84. The van der Waals surface area contributed by atoms with Gasteiger partial charge in [0.15, 0.2) is 11.5 Å². The molecule has 0 aliphatic rings. The van der Waals surface area contributed by atoms with Crippen LogP contribution in [0.3, 0.4) is 0 Å². The molecule has 0 atom stereocenters. The minimum atomic E-state index is -0.870. The van der Waals surface area contributed by atoms with E-state index in [9.17, 15) is 9.18 Å². The van der Waals surface area contributed by atoms with Crippen LogP contribution in [0, 0.1) is 5.82 Å². The number of hydrogen-bond donors (Lipinski definition) is 2. The van der Waals surface area contributed by atoms with E-state index in [0.717, 1.165) is 27.5 Å². The Labute approximate surface area is 211 Å². The Morgan fingerprint density at radius 3 is 2.81 bits per heavy atom. The molecule has 2 heterocycles. The Balaban J connectivity index is 1.40. The number of rotatable bonds is 10. The summed E-state index contributed by atoms with van der Waals surface area (Å²) in [5.74, 6) is 0.413. The van der Waals surface area contributed by atoms with Gasteiger partial charge in [0.1, 0.15) is 18.0 Å². The van der Waals surface area contributed by atoms with Crippen molar-refractivity contribution in [3.63, 3.8) is 0 Å². The number of halogens is 1. The average molecular weight is 502 g/mol. The molecule has 37 heavy (non-hydrogen) atoms. The highest BCUT2D eigenvalue weighted by molar-refractivity contribution is 5.94. The number of aromatic nitrogens is 4. The predicted molar refractivity (Wildman–Crippen MR) is 137 cm³/mol. The van der Waals surface area contributed by atoms with Crippen molar-refractivity contribution in [3.05, 3.63) is 78.5 Å². The van der Waals surface area contributed by atoms with Crippen LogP contribution in [0.1, 0.15) is 18.4 Å². The molecule has 3 aromatic carbocycles. The third-order valence-corrected chi connectivity index (χ3v) is 5.84. The summed E-state index contributed by atoms with van der Waals surface area (Å²) < 4.78 is 26.6. The molecule has 188 valence electrons. The van der Waals surface area contributed by atoms with Crippen LogP contribution < -0.4 is 14.8 Å². The fourth-order valence-corrected chi connectivity index (χ4v) is 4.08. The molecule has 9 nitrogen and oxygen atoms in total. The van der Waals surface area contributed by atoms with Crippen molar-refractivity contribution in [1.82, 2.24) is 19.7 Å². The molecule has 0 radical (unpaired) electrons. The molecule has 0 unspecified atom stereocenters. The monoisotopic (exact) mass is 501 g/mol. The Morgan fingerprint density at radius 1 is 1.11 bits per heavy atom. The number of nitrogens with one attached hydrogen (secondary N) is 1. The highest BCUT2D eigenvalue weighted by Crippen LogP contribution is 2.35. The van der Waals surface area contributed by atoms with Crippen molar-refractivity contribution in [2.75, 3.05) is 19.0 Å². The van der Waals surface area contributed by atoms with Gasteiger partial charge in [-0.1, -0.05) is 12.1 Å². The van der Waals surface area contributed by atoms with Crippen LogP contribution in [0.2, 0.25) is 0 Å². The molecule has 0 aliphatic carbocycles. The number of nitrogens with zero attached hydrogens (tertiary/aromatic N) is 4. The van der Waals surface area contributed by atoms with Crippen LogP contribution in [0.15, 0.2) is 67.1 Å². The largest absolute Gasteiger partial charge is 0.493 e. The van der Waals surface area contributed by atoms with E-state index in [2.05, 4.69) is 20.4 Å². The number of hydrogen-bond acceptors (Lipinski definition) is 7. The second-order valence-electron chi connectivity index (χ2n) is 8.42.